The Morgan fingerprint density at radius 3 is 2.60 bits per heavy atom. The van der Waals surface area contributed by atoms with Crippen molar-refractivity contribution in [3.8, 4) is 0 Å². The molecule has 1 rings (SSSR count). The lowest BCUT2D eigenvalue weighted by Gasteiger charge is -2.01. The summed E-state index contributed by atoms with van der Waals surface area (Å²) >= 11 is 9.16. The summed E-state index contributed by atoms with van der Waals surface area (Å²) in [5.74, 6) is -0.400. The predicted molar refractivity (Wildman–Crippen MR) is 43.1 cm³/mol. The maximum absolute atomic E-state index is 12.7. The Morgan fingerprint density at radius 2 is 2.20 bits per heavy atom. The van der Waals surface area contributed by atoms with Gasteiger partial charge in [-0.2, -0.15) is 0 Å². The van der Waals surface area contributed by atoms with Crippen molar-refractivity contribution in [1.82, 2.24) is 0 Å². The minimum Gasteiger partial charge on any atom is -0.295 e. The molecule has 0 aliphatic rings. The maximum atomic E-state index is 12.7. The van der Waals surface area contributed by atoms with Crippen LogP contribution in [0.1, 0.15) is 0 Å². The maximum Gasteiger partial charge on any atom is 0.148 e. The fraction of sp³-hybridized carbons (Fsp3) is 0. The summed E-state index contributed by atoms with van der Waals surface area (Å²) < 4.78 is 12.7. The van der Waals surface area contributed by atoms with E-state index in [1.54, 1.807) is 12.1 Å². The van der Waals surface area contributed by atoms with Crippen LogP contribution < -0.4 is 4.84 Å². The standard InChI is InChI=1S/C6H5ClFNS/c7-9-6-4(8)2-1-3-5(6)10/h1-3,9-10H. The molecule has 54 valence electrons. The number of benzene rings is 1. The summed E-state index contributed by atoms with van der Waals surface area (Å²) in [6, 6.07) is 4.52. The van der Waals surface area contributed by atoms with Gasteiger partial charge in [-0.1, -0.05) is 6.07 Å². The van der Waals surface area contributed by atoms with Crippen molar-refractivity contribution < 1.29 is 4.39 Å². The minimum atomic E-state index is -0.400. The molecule has 4 heteroatoms. The second kappa shape index (κ2) is 3.12. The van der Waals surface area contributed by atoms with Crippen LogP contribution in [-0.4, -0.2) is 0 Å². The summed E-state index contributed by atoms with van der Waals surface area (Å²) in [6.45, 7) is 0. The highest BCUT2D eigenvalue weighted by atomic mass is 35.5. The van der Waals surface area contributed by atoms with Crippen LogP contribution in [0.4, 0.5) is 10.1 Å². The van der Waals surface area contributed by atoms with Crippen molar-refractivity contribution in [2.45, 2.75) is 4.90 Å². The fourth-order valence-corrected chi connectivity index (χ4v) is 1.11. The van der Waals surface area contributed by atoms with Gasteiger partial charge in [-0.15, -0.1) is 12.6 Å². The largest absolute Gasteiger partial charge is 0.295 e. The van der Waals surface area contributed by atoms with Gasteiger partial charge in [0.15, 0.2) is 0 Å². The average molecular weight is 178 g/mol. The summed E-state index contributed by atoms with van der Waals surface area (Å²) in [5, 5.41) is 0. The van der Waals surface area contributed by atoms with Crippen LogP contribution in [0.3, 0.4) is 0 Å². The molecule has 0 amide bonds. The van der Waals surface area contributed by atoms with Gasteiger partial charge < -0.3 is 0 Å². The molecular formula is C6H5ClFNS. The van der Waals surface area contributed by atoms with Crippen LogP contribution in [0.2, 0.25) is 0 Å². The number of anilines is 1. The van der Waals surface area contributed by atoms with Gasteiger partial charge in [0.05, 0.1) is 5.69 Å². The third kappa shape index (κ3) is 1.36. The summed E-state index contributed by atoms with van der Waals surface area (Å²) in [7, 11) is 0. The second-order valence-corrected chi connectivity index (χ2v) is 2.40. The molecule has 0 fully saturated rings. The lowest BCUT2D eigenvalue weighted by atomic mass is 10.3. The Hall–Kier alpha value is -0.410. The normalized spacial score (nSPS) is 9.50. The highest BCUT2D eigenvalue weighted by Gasteiger charge is 2.01. The Bertz CT molecular complexity index is 221. The second-order valence-electron chi connectivity index (χ2n) is 1.73. The van der Waals surface area contributed by atoms with E-state index < -0.39 is 5.82 Å². The van der Waals surface area contributed by atoms with E-state index in [0.717, 1.165) is 0 Å². The zero-order valence-electron chi connectivity index (χ0n) is 4.94. The van der Waals surface area contributed by atoms with Gasteiger partial charge in [-0.25, -0.2) is 4.39 Å². The quantitative estimate of drug-likeness (QED) is 0.497. The van der Waals surface area contributed by atoms with Gasteiger partial charge in [0.25, 0.3) is 0 Å². The van der Waals surface area contributed by atoms with Gasteiger partial charge in [0, 0.05) is 16.7 Å². The number of nitrogens with one attached hydrogen (secondary N) is 1. The van der Waals surface area contributed by atoms with E-state index in [1.165, 1.54) is 6.07 Å². The van der Waals surface area contributed by atoms with E-state index in [1.807, 2.05) is 0 Å². The number of hydrogen-bond donors (Lipinski definition) is 2. The number of thiol groups is 1. The van der Waals surface area contributed by atoms with Gasteiger partial charge >= 0.3 is 0 Å². The monoisotopic (exact) mass is 177 g/mol. The molecule has 0 heterocycles. The van der Waals surface area contributed by atoms with E-state index in [0.29, 0.717) is 4.90 Å². The molecule has 0 spiro atoms. The fourth-order valence-electron chi connectivity index (χ4n) is 0.606. The van der Waals surface area contributed by atoms with Gasteiger partial charge in [-0.05, 0) is 12.1 Å². The van der Waals surface area contributed by atoms with Crippen molar-refractivity contribution in [3.63, 3.8) is 0 Å². The number of para-hydroxylation sites is 1. The molecule has 0 saturated heterocycles. The lowest BCUT2D eigenvalue weighted by molar-refractivity contribution is 0.629. The predicted octanol–water partition coefficient (Wildman–Crippen LogP) is 2.68. The zero-order valence-corrected chi connectivity index (χ0v) is 6.59. The smallest absolute Gasteiger partial charge is 0.148 e. The molecule has 0 bridgehead atoms. The molecule has 0 radical (unpaired) electrons. The molecule has 1 N–H and O–H groups in total. The van der Waals surface area contributed by atoms with Crippen LogP contribution in [0.5, 0.6) is 0 Å². The Kier molecular flexibility index (Phi) is 2.40. The Balaban J connectivity index is 3.17. The van der Waals surface area contributed by atoms with Crippen LogP contribution in [0.15, 0.2) is 23.1 Å². The van der Waals surface area contributed by atoms with Crippen molar-refractivity contribution in [2.75, 3.05) is 4.84 Å². The third-order valence-electron chi connectivity index (χ3n) is 1.09. The molecule has 1 aromatic carbocycles. The van der Waals surface area contributed by atoms with Crippen LogP contribution in [-0.2, 0) is 0 Å². The molecular weight excluding hydrogens is 173 g/mol. The van der Waals surface area contributed by atoms with E-state index in [-0.39, 0.29) is 5.69 Å². The molecule has 0 unspecified atom stereocenters. The van der Waals surface area contributed by atoms with E-state index in [4.69, 9.17) is 11.8 Å². The number of halogens is 2. The Morgan fingerprint density at radius 1 is 1.50 bits per heavy atom. The van der Waals surface area contributed by atoms with Crippen molar-refractivity contribution >= 4 is 30.1 Å². The highest BCUT2D eigenvalue weighted by Crippen LogP contribution is 2.23. The highest BCUT2D eigenvalue weighted by molar-refractivity contribution is 7.80. The topological polar surface area (TPSA) is 12.0 Å². The molecule has 0 aliphatic heterocycles. The SMILES string of the molecule is Fc1cccc(S)c1NCl. The summed E-state index contributed by atoms with van der Waals surface area (Å²) in [5.41, 5.74) is 0.215. The first-order chi connectivity index (χ1) is 4.75. The summed E-state index contributed by atoms with van der Waals surface area (Å²) in [6.07, 6.45) is 0. The minimum absolute atomic E-state index is 0.215. The summed E-state index contributed by atoms with van der Waals surface area (Å²) in [4.78, 5) is 2.68. The van der Waals surface area contributed by atoms with Crippen molar-refractivity contribution in [2.24, 2.45) is 0 Å². The number of rotatable bonds is 1. The Labute approximate surface area is 68.7 Å². The first kappa shape index (κ1) is 7.69. The van der Waals surface area contributed by atoms with Crippen LogP contribution >= 0.6 is 24.4 Å². The van der Waals surface area contributed by atoms with Gasteiger partial charge in [-0.3, -0.25) is 4.84 Å². The molecule has 0 saturated carbocycles. The van der Waals surface area contributed by atoms with Crippen LogP contribution in [0, 0.1) is 5.82 Å². The van der Waals surface area contributed by atoms with Gasteiger partial charge in [0.1, 0.15) is 5.82 Å². The zero-order chi connectivity index (χ0) is 7.56. The van der Waals surface area contributed by atoms with Crippen LogP contribution in [0.25, 0.3) is 0 Å². The molecule has 1 nitrogen and oxygen atoms in total. The molecule has 0 aromatic heterocycles. The van der Waals surface area contributed by atoms with Crippen molar-refractivity contribution in [1.29, 1.82) is 0 Å². The van der Waals surface area contributed by atoms with E-state index >= 15 is 0 Å². The molecule has 0 atom stereocenters. The van der Waals surface area contributed by atoms with Gasteiger partial charge in [0.2, 0.25) is 0 Å². The molecule has 1 aromatic rings. The average Bonchev–Trinajstić information content (AvgIpc) is 1.88. The third-order valence-corrected chi connectivity index (χ3v) is 1.65. The molecule has 0 aliphatic carbocycles. The van der Waals surface area contributed by atoms with Crippen molar-refractivity contribution in [3.05, 3.63) is 24.0 Å². The lowest BCUT2D eigenvalue weighted by Crippen LogP contribution is -1.86. The first-order valence-corrected chi connectivity index (χ1v) is 3.42. The molecule has 10 heavy (non-hydrogen) atoms. The van der Waals surface area contributed by atoms with E-state index in [2.05, 4.69) is 17.5 Å². The number of hydrogen-bond acceptors (Lipinski definition) is 2. The van der Waals surface area contributed by atoms with E-state index in [9.17, 15) is 4.39 Å². The first-order valence-electron chi connectivity index (χ1n) is 2.60.